The fraction of sp³-hybridized carbons (Fsp3) is 0.400. The van der Waals surface area contributed by atoms with Crippen LogP contribution < -0.4 is 0 Å². The number of aliphatic hydroxyl groups excluding tert-OH is 1. The number of hydrogen-bond donors (Lipinski definition) is 1. The van der Waals surface area contributed by atoms with E-state index in [1.54, 1.807) is 18.3 Å². The molecule has 1 saturated heterocycles. The molecule has 1 atom stereocenters. The standard InChI is InChI=1S/C15H18N2O3S/c1-11-8-12-4-2-6-14(15(12)16-9-11)21(19,20)17-7-3-5-13(18)10-17/h2,4,6,8-9,13,18H,3,5,7,10H2,1H3. The van der Waals surface area contributed by atoms with Crippen LogP contribution in [0.1, 0.15) is 18.4 Å². The van der Waals surface area contributed by atoms with Gasteiger partial charge in [0.15, 0.2) is 0 Å². The molecule has 112 valence electrons. The molecule has 6 heteroatoms. The van der Waals surface area contributed by atoms with E-state index in [0.717, 1.165) is 10.9 Å². The average Bonchev–Trinajstić information content (AvgIpc) is 2.46. The van der Waals surface area contributed by atoms with Gasteiger partial charge in [0.05, 0.1) is 11.6 Å². The number of β-amino-alcohol motifs (C(OH)–C–C–N with tert-alkyl or cyclic N) is 1. The Morgan fingerprint density at radius 1 is 1.38 bits per heavy atom. The van der Waals surface area contributed by atoms with Gasteiger partial charge in [-0.25, -0.2) is 8.42 Å². The fourth-order valence-electron chi connectivity index (χ4n) is 2.73. The van der Waals surface area contributed by atoms with E-state index in [2.05, 4.69) is 4.98 Å². The summed E-state index contributed by atoms with van der Waals surface area (Å²) in [6.45, 7) is 2.53. The third kappa shape index (κ3) is 2.66. The summed E-state index contributed by atoms with van der Waals surface area (Å²) in [4.78, 5) is 4.51. The van der Waals surface area contributed by atoms with Crippen LogP contribution in [0.4, 0.5) is 0 Å². The number of aryl methyl sites for hydroxylation is 1. The molecular formula is C15H18N2O3S. The molecule has 0 aliphatic carbocycles. The average molecular weight is 306 g/mol. The first-order chi connectivity index (χ1) is 9.98. The van der Waals surface area contributed by atoms with Gasteiger partial charge in [-0.05, 0) is 37.5 Å². The summed E-state index contributed by atoms with van der Waals surface area (Å²) in [6, 6.07) is 7.10. The topological polar surface area (TPSA) is 70.5 Å². The predicted octanol–water partition coefficient (Wildman–Crippen LogP) is 1.69. The van der Waals surface area contributed by atoms with Gasteiger partial charge in [0.1, 0.15) is 4.90 Å². The Hall–Kier alpha value is -1.50. The second-order valence-corrected chi connectivity index (χ2v) is 7.41. The van der Waals surface area contributed by atoms with Crippen molar-refractivity contribution in [1.82, 2.24) is 9.29 Å². The van der Waals surface area contributed by atoms with Gasteiger partial charge in [0.2, 0.25) is 10.0 Å². The maximum Gasteiger partial charge on any atom is 0.245 e. The lowest BCUT2D eigenvalue weighted by Gasteiger charge is -2.29. The van der Waals surface area contributed by atoms with Crippen LogP contribution in [-0.2, 0) is 10.0 Å². The minimum atomic E-state index is -3.62. The van der Waals surface area contributed by atoms with Crippen LogP contribution in [0.15, 0.2) is 35.4 Å². The molecule has 1 unspecified atom stereocenters. The van der Waals surface area contributed by atoms with Crippen molar-refractivity contribution in [3.63, 3.8) is 0 Å². The van der Waals surface area contributed by atoms with Crippen LogP contribution in [0.2, 0.25) is 0 Å². The molecule has 0 spiro atoms. The third-order valence-corrected chi connectivity index (χ3v) is 5.68. The Bertz CT molecular complexity index is 774. The molecule has 5 nitrogen and oxygen atoms in total. The highest BCUT2D eigenvalue weighted by Crippen LogP contribution is 2.26. The Morgan fingerprint density at radius 3 is 2.95 bits per heavy atom. The summed E-state index contributed by atoms with van der Waals surface area (Å²) in [5.41, 5.74) is 1.48. The third-order valence-electron chi connectivity index (χ3n) is 3.79. The predicted molar refractivity (Wildman–Crippen MR) is 80.5 cm³/mol. The van der Waals surface area contributed by atoms with Crippen molar-refractivity contribution in [3.8, 4) is 0 Å². The Labute approximate surface area is 124 Å². The number of rotatable bonds is 2. The first-order valence-corrected chi connectivity index (χ1v) is 8.46. The van der Waals surface area contributed by atoms with Gasteiger partial charge in [-0.1, -0.05) is 12.1 Å². The normalized spacial score (nSPS) is 20.8. The molecule has 21 heavy (non-hydrogen) atoms. The molecule has 0 bridgehead atoms. The lowest BCUT2D eigenvalue weighted by molar-refractivity contribution is 0.108. The number of aromatic nitrogens is 1. The van der Waals surface area contributed by atoms with Gasteiger partial charge in [0.25, 0.3) is 0 Å². The van der Waals surface area contributed by atoms with Crippen LogP contribution in [0.25, 0.3) is 10.9 Å². The maximum absolute atomic E-state index is 12.8. The monoisotopic (exact) mass is 306 g/mol. The van der Waals surface area contributed by atoms with E-state index in [4.69, 9.17) is 0 Å². The second-order valence-electron chi connectivity index (χ2n) is 5.50. The lowest BCUT2D eigenvalue weighted by Crippen LogP contribution is -2.42. The molecule has 0 amide bonds. The molecule has 0 radical (unpaired) electrons. The number of benzene rings is 1. The van der Waals surface area contributed by atoms with Crippen LogP contribution in [0.5, 0.6) is 0 Å². The zero-order valence-corrected chi connectivity index (χ0v) is 12.7. The molecule has 1 aromatic carbocycles. The largest absolute Gasteiger partial charge is 0.392 e. The van der Waals surface area contributed by atoms with E-state index in [1.165, 1.54) is 4.31 Å². The molecule has 0 saturated carbocycles. The molecule has 1 aliphatic heterocycles. The van der Waals surface area contributed by atoms with Crippen molar-refractivity contribution >= 4 is 20.9 Å². The summed E-state index contributed by atoms with van der Waals surface area (Å²) in [5.74, 6) is 0. The van der Waals surface area contributed by atoms with Crippen LogP contribution in [0, 0.1) is 6.92 Å². The minimum absolute atomic E-state index is 0.157. The van der Waals surface area contributed by atoms with Crippen LogP contribution in [-0.4, -0.2) is 42.0 Å². The van der Waals surface area contributed by atoms with Crippen molar-refractivity contribution in [2.75, 3.05) is 13.1 Å². The van der Waals surface area contributed by atoms with E-state index in [1.807, 2.05) is 19.1 Å². The van der Waals surface area contributed by atoms with E-state index in [-0.39, 0.29) is 11.4 Å². The molecule has 2 heterocycles. The van der Waals surface area contributed by atoms with Gasteiger partial charge in [0, 0.05) is 24.7 Å². The molecule has 2 aromatic rings. The number of para-hydroxylation sites is 1. The first-order valence-electron chi connectivity index (χ1n) is 7.02. The summed E-state index contributed by atoms with van der Waals surface area (Å²) < 4.78 is 27.0. The van der Waals surface area contributed by atoms with Crippen molar-refractivity contribution in [1.29, 1.82) is 0 Å². The van der Waals surface area contributed by atoms with Crippen molar-refractivity contribution in [3.05, 3.63) is 36.0 Å². The van der Waals surface area contributed by atoms with Gasteiger partial charge < -0.3 is 5.11 Å². The molecule has 1 N–H and O–H groups in total. The smallest absolute Gasteiger partial charge is 0.245 e. The summed E-state index contributed by atoms with van der Waals surface area (Å²) in [5, 5.41) is 10.5. The highest BCUT2D eigenvalue weighted by Gasteiger charge is 2.30. The Balaban J connectivity index is 2.10. The summed E-state index contributed by atoms with van der Waals surface area (Å²) >= 11 is 0. The molecule has 1 aliphatic rings. The van der Waals surface area contributed by atoms with Crippen molar-refractivity contribution in [2.45, 2.75) is 30.8 Å². The number of piperidine rings is 1. The molecule has 1 aromatic heterocycles. The zero-order valence-electron chi connectivity index (χ0n) is 11.9. The number of aliphatic hydroxyl groups is 1. The number of hydrogen-bond acceptors (Lipinski definition) is 4. The number of nitrogens with zero attached hydrogens (tertiary/aromatic N) is 2. The zero-order chi connectivity index (χ0) is 15.0. The molecule has 3 rings (SSSR count). The number of pyridine rings is 1. The Morgan fingerprint density at radius 2 is 2.19 bits per heavy atom. The Kier molecular flexibility index (Phi) is 3.69. The number of sulfonamides is 1. The number of fused-ring (bicyclic) bond motifs is 1. The van der Waals surface area contributed by atoms with Gasteiger partial charge in [-0.3, -0.25) is 4.98 Å². The van der Waals surface area contributed by atoms with Crippen LogP contribution in [0.3, 0.4) is 0 Å². The summed E-state index contributed by atoms with van der Waals surface area (Å²) in [7, 11) is -3.62. The lowest BCUT2D eigenvalue weighted by atomic mass is 10.1. The van der Waals surface area contributed by atoms with E-state index in [0.29, 0.717) is 24.9 Å². The quantitative estimate of drug-likeness (QED) is 0.916. The van der Waals surface area contributed by atoms with E-state index >= 15 is 0 Å². The van der Waals surface area contributed by atoms with E-state index < -0.39 is 16.1 Å². The van der Waals surface area contributed by atoms with Crippen LogP contribution >= 0.6 is 0 Å². The van der Waals surface area contributed by atoms with Crippen molar-refractivity contribution < 1.29 is 13.5 Å². The van der Waals surface area contributed by atoms with Gasteiger partial charge in [-0.15, -0.1) is 0 Å². The fourth-order valence-corrected chi connectivity index (χ4v) is 4.41. The van der Waals surface area contributed by atoms with Gasteiger partial charge >= 0.3 is 0 Å². The van der Waals surface area contributed by atoms with E-state index in [9.17, 15) is 13.5 Å². The minimum Gasteiger partial charge on any atom is -0.392 e. The second kappa shape index (κ2) is 5.36. The highest BCUT2D eigenvalue weighted by molar-refractivity contribution is 7.89. The highest BCUT2D eigenvalue weighted by atomic mass is 32.2. The summed E-state index contributed by atoms with van der Waals surface area (Å²) in [6.07, 6.45) is 2.42. The van der Waals surface area contributed by atoms with Crippen molar-refractivity contribution in [2.24, 2.45) is 0 Å². The SMILES string of the molecule is Cc1cnc2c(S(=O)(=O)N3CCCC(O)C3)cccc2c1. The van der Waals surface area contributed by atoms with Gasteiger partial charge in [-0.2, -0.15) is 4.31 Å². The molecule has 1 fully saturated rings. The maximum atomic E-state index is 12.8. The first kappa shape index (κ1) is 14.4. The molecular weight excluding hydrogens is 288 g/mol.